The fourth-order valence-electron chi connectivity index (χ4n) is 6.37. The van der Waals surface area contributed by atoms with Gasteiger partial charge in [0.2, 0.25) is 5.91 Å². The molecule has 0 aliphatic carbocycles. The maximum atomic E-state index is 14.0. The quantitative estimate of drug-likeness (QED) is 0.571. The number of ether oxygens (including phenoxy) is 1. The predicted octanol–water partition coefficient (Wildman–Crippen LogP) is 1.73. The molecule has 2 unspecified atom stereocenters. The summed E-state index contributed by atoms with van der Waals surface area (Å²) in [5.74, 6) is 0.136. The molecule has 2 amide bonds. The fourth-order valence-corrected chi connectivity index (χ4v) is 6.37. The summed E-state index contributed by atoms with van der Waals surface area (Å²) in [6.07, 6.45) is 9.60. The molecule has 1 fully saturated rings. The Labute approximate surface area is 198 Å². The Balaban J connectivity index is 1.53. The Morgan fingerprint density at radius 1 is 1.18 bits per heavy atom. The number of carbonyl (C=O) groups excluding carboxylic acids is 2. The van der Waals surface area contributed by atoms with E-state index in [1.165, 1.54) is 9.80 Å². The van der Waals surface area contributed by atoms with Crippen LogP contribution in [0.2, 0.25) is 0 Å². The van der Waals surface area contributed by atoms with Gasteiger partial charge in [0, 0.05) is 24.6 Å². The van der Waals surface area contributed by atoms with Crippen molar-refractivity contribution < 1.29 is 24.5 Å². The van der Waals surface area contributed by atoms with Crippen LogP contribution >= 0.6 is 0 Å². The first kappa shape index (κ1) is 21.6. The number of nitrogens with zero attached hydrogens (tertiary/aromatic N) is 2. The molecule has 0 radical (unpaired) electrons. The van der Waals surface area contributed by atoms with Crippen molar-refractivity contribution in [2.75, 3.05) is 6.54 Å². The van der Waals surface area contributed by atoms with Gasteiger partial charge in [0.25, 0.3) is 5.91 Å². The minimum absolute atomic E-state index is 0.0482. The van der Waals surface area contributed by atoms with E-state index in [4.69, 9.17) is 4.74 Å². The minimum Gasteiger partial charge on any atom is -0.629 e. The van der Waals surface area contributed by atoms with E-state index >= 15 is 0 Å². The lowest BCUT2D eigenvalue weighted by Gasteiger charge is -2.47. The molecule has 1 saturated heterocycles. The highest BCUT2D eigenvalue weighted by molar-refractivity contribution is 6.05. The zero-order valence-electron chi connectivity index (χ0n) is 19.8. The normalized spacial score (nSPS) is 35.2. The summed E-state index contributed by atoms with van der Waals surface area (Å²) in [6.45, 7) is 8.13. The number of carbonyl (C=O) groups is 2. The van der Waals surface area contributed by atoms with Crippen LogP contribution in [0.3, 0.4) is 0 Å². The maximum Gasteiger partial charge on any atom is 0.274 e. The summed E-state index contributed by atoms with van der Waals surface area (Å²) < 4.78 is 6.09. The topological polar surface area (TPSA) is 97.6 Å². The van der Waals surface area contributed by atoms with Crippen molar-refractivity contribution in [2.45, 2.75) is 63.8 Å². The molecule has 5 aliphatic rings. The molecule has 6 rings (SSSR count). The van der Waals surface area contributed by atoms with Crippen LogP contribution < -0.4 is 9.80 Å². The first-order valence-electron chi connectivity index (χ1n) is 11.8. The van der Waals surface area contributed by atoms with Gasteiger partial charge in [-0.2, -0.15) is 0 Å². The van der Waals surface area contributed by atoms with Crippen molar-refractivity contribution >= 4 is 23.6 Å². The third-order valence-corrected chi connectivity index (χ3v) is 7.92. The van der Waals surface area contributed by atoms with E-state index in [0.29, 0.717) is 41.2 Å². The highest BCUT2D eigenvalue weighted by Crippen LogP contribution is 2.51. The smallest absolute Gasteiger partial charge is 0.274 e. The molecule has 0 saturated carbocycles. The highest BCUT2D eigenvalue weighted by atomic mass is 16.5. The molecule has 4 atom stereocenters. The molecule has 0 spiro atoms. The largest absolute Gasteiger partial charge is 0.629 e. The number of hydrogen-bond donors (Lipinski definition) is 2. The Morgan fingerprint density at radius 2 is 1.94 bits per heavy atom. The first-order chi connectivity index (χ1) is 15.9. The second-order valence-electron chi connectivity index (χ2n) is 11.1. The molecule has 1 aromatic carbocycles. The number of quaternary nitrogens is 1. The van der Waals surface area contributed by atoms with Gasteiger partial charge in [-0.1, -0.05) is 26.0 Å². The summed E-state index contributed by atoms with van der Waals surface area (Å²) in [5, 5.41) is 26.1. The van der Waals surface area contributed by atoms with Gasteiger partial charge in [0.15, 0.2) is 5.60 Å². The molecule has 5 aliphatic heterocycles. The fraction of sp³-hybridized carbons (Fsp3) is 0.462. The van der Waals surface area contributed by atoms with Gasteiger partial charge in [-0.15, -0.1) is 0 Å². The van der Waals surface area contributed by atoms with Crippen molar-refractivity contribution in [3.8, 4) is 5.75 Å². The van der Waals surface area contributed by atoms with Gasteiger partial charge < -0.3 is 29.9 Å². The summed E-state index contributed by atoms with van der Waals surface area (Å²) in [7, 11) is 0. The van der Waals surface area contributed by atoms with E-state index in [2.05, 4.69) is 0 Å². The van der Waals surface area contributed by atoms with Gasteiger partial charge in [-0.3, -0.25) is 9.59 Å². The molecule has 0 bridgehead atoms. The summed E-state index contributed by atoms with van der Waals surface area (Å²) in [5.41, 5.74) is -0.880. The van der Waals surface area contributed by atoms with E-state index in [-0.39, 0.29) is 23.3 Å². The van der Waals surface area contributed by atoms with E-state index in [1.807, 2.05) is 39.8 Å². The van der Waals surface area contributed by atoms with Gasteiger partial charge in [0.05, 0.1) is 11.1 Å². The van der Waals surface area contributed by atoms with Gasteiger partial charge in [0.1, 0.15) is 34.8 Å². The van der Waals surface area contributed by atoms with Crippen molar-refractivity contribution in [3.05, 3.63) is 58.6 Å². The predicted molar refractivity (Wildman–Crippen MR) is 124 cm³/mol. The summed E-state index contributed by atoms with van der Waals surface area (Å²) >= 11 is 0. The molecule has 8 heteroatoms. The van der Waals surface area contributed by atoms with Crippen molar-refractivity contribution in [2.24, 2.45) is 5.41 Å². The Morgan fingerprint density at radius 3 is 2.71 bits per heavy atom. The monoisotopic (exact) mass is 463 g/mol. The Kier molecular flexibility index (Phi) is 4.18. The van der Waals surface area contributed by atoms with E-state index in [0.717, 1.165) is 0 Å². The number of fused-ring (bicyclic) bond motifs is 7. The van der Waals surface area contributed by atoms with Crippen molar-refractivity contribution in [1.82, 2.24) is 9.80 Å². The van der Waals surface area contributed by atoms with E-state index in [9.17, 15) is 19.9 Å². The Hall–Kier alpha value is -2.94. The molecule has 5 heterocycles. The lowest BCUT2D eigenvalue weighted by molar-refractivity contribution is -0.818. The van der Waals surface area contributed by atoms with Crippen LogP contribution in [0.25, 0.3) is 6.08 Å². The zero-order valence-corrected chi connectivity index (χ0v) is 19.8. The summed E-state index contributed by atoms with van der Waals surface area (Å²) in [6, 6.07) is 1.86. The van der Waals surface area contributed by atoms with Crippen LogP contribution in [0.1, 0.15) is 51.7 Å². The number of hydroxylamine groups is 1. The molecule has 1 aromatic rings. The van der Waals surface area contributed by atoms with Gasteiger partial charge in [-0.05, 0) is 44.6 Å². The minimum atomic E-state index is -1.61. The third kappa shape index (κ3) is 2.70. The van der Waals surface area contributed by atoms with Gasteiger partial charge in [-0.25, -0.2) is 0 Å². The molecule has 2 N–H and O–H groups in total. The molecule has 8 nitrogen and oxygen atoms in total. The number of hydrogen-bond acceptors (Lipinski definition) is 5. The number of rotatable bonds is 0. The molecular formula is C26H29N3O5. The van der Waals surface area contributed by atoms with Crippen LogP contribution in [0.5, 0.6) is 5.75 Å². The molecule has 0 aromatic heterocycles. The number of nitrogens with one attached hydrogen (secondary N) is 1. The Bertz CT molecular complexity index is 1230. The van der Waals surface area contributed by atoms with E-state index < -0.39 is 28.7 Å². The van der Waals surface area contributed by atoms with Crippen molar-refractivity contribution in [3.63, 3.8) is 0 Å². The van der Waals surface area contributed by atoms with Crippen LogP contribution in [-0.2, 0) is 15.2 Å². The average molecular weight is 464 g/mol. The maximum absolute atomic E-state index is 14.0. The third-order valence-electron chi connectivity index (χ3n) is 7.92. The lowest BCUT2D eigenvalue weighted by atomic mass is 9.70. The lowest BCUT2D eigenvalue weighted by Crippen LogP contribution is -3.08. The number of benzene rings is 1. The van der Waals surface area contributed by atoms with E-state index in [1.54, 1.807) is 30.5 Å². The first-order valence-corrected chi connectivity index (χ1v) is 11.8. The van der Waals surface area contributed by atoms with Crippen LogP contribution in [0, 0.1) is 10.6 Å². The van der Waals surface area contributed by atoms with Crippen molar-refractivity contribution in [1.29, 1.82) is 0 Å². The number of aliphatic hydroxyl groups is 1. The van der Waals surface area contributed by atoms with Gasteiger partial charge >= 0.3 is 0 Å². The SMILES string of the molecule is CC1(C)C=Cc2c(ccc3c2[NH+]([O-])C2C(C)(C)/C=C\N4C(=O)C5=CCCN5C(=O)[C@@H]4C[C@]32O)O1. The standard InChI is InChI=1S/C26H29N3O5/c1-24(2)11-13-28-18(22(31)27-12-5-6-17(27)21(28)30)14-26(32)16-7-8-19-15(9-10-25(3,4)34-19)20(16)29(33)23(24)26/h6-11,13,18,23,29,32H,5,12,14H2,1-4H3/b13-11-/t18-,23?,26-/m0/s1. The molecular weight excluding hydrogens is 434 g/mol. The average Bonchev–Trinajstić information content (AvgIpc) is 3.32. The molecule has 178 valence electrons. The second kappa shape index (κ2) is 6.59. The number of amides is 2. The summed E-state index contributed by atoms with van der Waals surface area (Å²) in [4.78, 5) is 29.7. The van der Waals surface area contributed by atoms with Crippen LogP contribution in [0.4, 0.5) is 5.69 Å². The van der Waals surface area contributed by atoms with Crippen LogP contribution in [0.15, 0.2) is 42.3 Å². The molecule has 34 heavy (non-hydrogen) atoms. The second-order valence-corrected chi connectivity index (χ2v) is 11.1. The highest BCUT2D eigenvalue weighted by Gasteiger charge is 2.62. The zero-order chi connectivity index (χ0) is 24.2. The van der Waals surface area contributed by atoms with Crippen LogP contribution in [-0.4, -0.2) is 51.0 Å². The number of piperazine rings is 1.